The van der Waals surface area contributed by atoms with E-state index in [1.807, 2.05) is 0 Å². The Balaban J connectivity index is 2.16. The van der Waals surface area contributed by atoms with Crippen LogP contribution in [-0.2, 0) is 4.74 Å². The minimum absolute atomic E-state index is 0.0514. The Kier molecular flexibility index (Phi) is 4.81. The Hall–Kier alpha value is -2.35. The van der Waals surface area contributed by atoms with Crippen molar-refractivity contribution in [2.45, 2.75) is 13.8 Å². The van der Waals surface area contributed by atoms with E-state index in [4.69, 9.17) is 4.74 Å². The molecule has 0 bridgehead atoms. The summed E-state index contributed by atoms with van der Waals surface area (Å²) in [5.74, 6) is -3.32. The first kappa shape index (κ1) is 16.0. The van der Waals surface area contributed by atoms with Crippen LogP contribution in [0.3, 0.4) is 0 Å². The van der Waals surface area contributed by atoms with E-state index in [0.29, 0.717) is 5.69 Å². The molecule has 1 amide bonds. The average molecular weight is 326 g/mol. The zero-order valence-electron chi connectivity index (χ0n) is 11.8. The minimum Gasteiger partial charge on any atom is -0.462 e. The van der Waals surface area contributed by atoms with Gasteiger partial charge in [-0.25, -0.2) is 18.6 Å². The zero-order chi connectivity index (χ0) is 16.3. The molecule has 1 N–H and O–H groups in total. The van der Waals surface area contributed by atoms with Crippen molar-refractivity contribution in [1.82, 2.24) is 4.98 Å². The number of anilines is 1. The van der Waals surface area contributed by atoms with Crippen LogP contribution < -0.4 is 5.32 Å². The van der Waals surface area contributed by atoms with Gasteiger partial charge in [0, 0.05) is 5.56 Å². The van der Waals surface area contributed by atoms with Gasteiger partial charge in [-0.2, -0.15) is 0 Å². The van der Waals surface area contributed by atoms with Crippen molar-refractivity contribution in [2.24, 2.45) is 0 Å². The molecule has 0 aliphatic rings. The molecule has 8 heteroatoms. The molecule has 0 spiro atoms. The first-order valence-electron chi connectivity index (χ1n) is 6.33. The average Bonchev–Trinajstić information content (AvgIpc) is 2.82. The number of ether oxygens (including phenoxy) is 1. The number of esters is 1. The van der Waals surface area contributed by atoms with Gasteiger partial charge in [-0.1, -0.05) is 11.3 Å². The molecule has 0 fully saturated rings. The van der Waals surface area contributed by atoms with Crippen molar-refractivity contribution in [3.63, 3.8) is 0 Å². The molecule has 1 aromatic carbocycles. The number of halogens is 2. The molecule has 2 aromatic rings. The topological polar surface area (TPSA) is 68.3 Å². The summed E-state index contributed by atoms with van der Waals surface area (Å²) in [6.07, 6.45) is 0. The third-order valence-electron chi connectivity index (χ3n) is 2.66. The van der Waals surface area contributed by atoms with Crippen LogP contribution in [-0.4, -0.2) is 23.5 Å². The molecular weight excluding hydrogens is 314 g/mol. The summed E-state index contributed by atoms with van der Waals surface area (Å²) < 4.78 is 30.8. The molecule has 0 aliphatic heterocycles. The summed E-state index contributed by atoms with van der Waals surface area (Å²) in [6.45, 7) is 3.52. The first-order chi connectivity index (χ1) is 10.4. The van der Waals surface area contributed by atoms with Crippen LogP contribution in [0.25, 0.3) is 0 Å². The number of carbonyl (C=O) groups is 2. The molecule has 0 saturated heterocycles. The number of aromatic nitrogens is 1. The highest BCUT2D eigenvalue weighted by Gasteiger charge is 2.18. The molecular formula is C14H12F2N2O3S. The maximum atomic E-state index is 13.1. The van der Waals surface area contributed by atoms with Gasteiger partial charge in [0.25, 0.3) is 5.91 Å². The Morgan fingerprint density at radius 1 is 1.32 bits per heavy atom. The molecule has 2 rings (SSSR count). The van der Waals surface area contributed by atoms with Crippen LogP contribution in [0.2, 0.25) is 0 Å². The van der Waals surface area contributed by atoms with Gasteiger partial charge in [0.1, 0.15) is 4.88 Å². The number of aryl methyl sites for hydroxylation is 1. The summed E-state index contributed by atoms with van der Waals surface area (Å²) in [5, 5.41) is 2.61. The lowest BCUT2D eigenvalue weighted by Crippen LogP contribution is -2.12. The van der Waals surface area contributed by atoms with Crippen LogP contribution >= 0.6 is 11.3 Å². The fourth-order valence-corrected chi connectivity index (χ4v) is 2.50. The van der Waals surface area contributed by atoms with E-state index < -0.39 is 23.5 Å². The van der Waals surface area contributed by atoms with Gasteiger partial charge in [-0.05, 0) is 32.0 Å². The maximum absolute atomic E-state index is 13.1. The van der Waals surface area contributed by atoms with Crippen LogP contribution in [0.15, 0.2) is 18.2 Å². The minimum atomic E-state index is -1.12. The summed E-state index contributed by atoms with van der Waals surface area (Å²) in [5.41, 5.74) is 0.369. The number of amides is 1. The third kappa shape index (κ3) is 3.45. The van der Waals surface area contributed by atoms with Gasteiger partial charge < -0.3 is 4.74 Å². The second kappa shape index (κ2) is 6.61. The van der Waals surface area contributed by atoms with E-state index in [2.05, 4.69) is 10.3 Å². The van der Waals surface area contributed by atoms with Gasteiger partial charge in [0.15, 0.2) is 16.8 Å². The van der Waals surface area contributed by atoms with E-state index >= 15 is 0 Å². The lowest BCUT2D eigenvalue weighted by Gasteiger charge is -2.02. The van der Waals surface area contributed by atoms with Crippen LogP contribution in [0.5, 0.6) is 0 Å². The Morgan fingerprint density at radius 2 is 2.05 bits per heavy atom. The maximum Gasteiger partial charge on any atom is 0.350 e. The number of carbonyl (C=O) groups excluding carboxylic acids is 2. The van der Waals surface area contributed by atoms with Crippen LogP contribution in [0, 0.1) is 18.6 Å². The molecule has 1 aromatic heterocycles. The van der Waals surface area contributed by atoms with E-state index in [9.17, 15) is 18.4 Å². The van der Waals surface area contributed by atoms with E-state index in [1.165, 1.54) is 0 Å². The molecule has 0 atom stereocenters. The van der Waals surface area contributed by atoms with Crippen LogP contribution in [0.4, 0.5) is 13.9 Å². The monoisotopic (exact) mass is 326 g/mol. The molecule has 116 valence electrons. The Labute approximate surface area is 128 Å². The SMILES string of the molecule is CCOC(=O)c1sc(NC(=O)c2ccc(F)c(F)c2)nc1C. The molecule has 0 saturated carbocycles. The lowest BCUT2D eigenvalue weighted by atomic mass is 10.2. The molecule has 0 unspecified atom stereocenters. The molecule has 5 nitrogen and oxygen atoms in total. The normalized spacial score (nSPS) is 10.4. The second-order valence-electron chi connectivity index (χ2n) is 4.24. The number of benzene rings is 1. The molecule has 0 radical (unpaired) electrons. The van der Waals surface area contributed by atoms with Gasteiger partial charge in [0.2, 0.25) is 0 Å². The van der Waals surface area contributed by atoms with Gasteiger partial charge in [-0.15, -0.1) is 0 Å². The van der Waals surface area contributed by atoms with Crippen molar-refractivity contribution in [3.8, 4) is 0 Å². The highest BCUT2D eigenvalue weighted by molar-refractivity contribution is 7.17. The quantitative estimate of drug-likeness (QED) is 0.876. The standard InChI is InChI=1S/C14H12F2N2O3S/c1-3-21-13(20)11-7(2)17-14(22-11)18-12(19)8-4-5-9(15)10(16)6-8/h4-6H,3H2,1-2H3,(H,17,18,19). The molecule has 1 heterocycles. The van der Waals surface area contributed by atoms with E-state index in [-0.39, 0.29) is 22.2 Å². The number of thiazole rings is 1. The highest BCUT2D eigenvalue weighted by atomic mass is 32.1. The van der Waals surface area contributed by atoms with Gasteiger partial charge >= 0.3 is 5.97 Å². The summed E-state index contributed by atoms with van der Waals surface area (Å²) in [4.78, 5) is 27.9. The van der Waals surface area contributed by atoms with Crippen molar-refractivity contribution in [2.75, 3.05) is 11.9 Å². The summed E-state index contributed by atoms with van der Waals surface area (Å²) in [6, 6.07) is 2.80. The van der Waals surface area contributed by atoms with Crippen molar-refractivity contribution >= 4 is 28.3 Å². The fraction of sp³-hybridized carbons (Fsp3) is 0.214. The largest absolute Gasteiger partial charge is 0.462 e. The Bertz CT molecular complexity index is 731. The van der Waals surface area contributed by atoms with E-state index in [0.717, 1.165) is 29.5 Å². The fourth-order valence-electron chi connectivity index (χ4n) is 1.64. The Morgan fingerprint density at radius 3 is 2.68 bits per heavy atom. The van der Waals surface area contributed by atoms with Gasteiger partial charge in [-0.3, -0.25) is 10.1 Å². The van der Waals surface area contributed by atoms with Crippen molar-refractivity contribution in [3.05, 3.63) is 46.0 Å². The number of hydrogen-bond donors (Lipinski definition) is 1. The molecule has 22 heavy (non-hydrogen) atoms. The highest BCUT2D eigenvalue weighted by Crippen LogP contribution is 2.24. The van der Waals surface area contributed by atoms with Crippen molar-refractivity contribution in [1.29, 1.82) is 0 Å². The number of hydrogen-bond acceptors (Lipinski definition) is 5. The van der Waals surface area contributed by atoms with Gasteiger partial charge in [0.05, 0.1) is 12.3 Å². The number of nitrogens with one attached hydrogen (secondary N) is 1. The lowest BCUT2D eigenvalue weighted by molar-refractivity contribution is 0.0531. The molecule has 0 aliphatic carbocycles. The number of nitrogens with zero attached hydrogens (tertiary/aromatic N) is 1. The first-order valence-corrected chi connectivity index (χ1v) is 7.15. The zero-order valence-corrected chi connectivity index (χ0v) is 12.6. The predicted molar refractivity (Wildman–Crippen MR) is 77.1 cm³/mol. The third-order valence-corrected chi connectivity index (χ3v) is 3.71. The summed E-state index contributed by atoms with van der Waals surface area (Å²) in [7, 11) is 0. The van der Waals surface area contributed by atoms with Crippen LogP contribution in [0.1, 0.15) is 32.6 Å². The number of rotatable bonds is 4. The second-order valence-corrected chi connectivity index (χ2v) is 5.24. The predicted octanol–water partition coefficient (Wildman–Crippen LogP) is 3.16. The summed E-state index contributed by atoms with van der Waals surface area (Å²) >= 11 is 0.952. The van der Waals surface area contributed by atoms with Crippen molar-refractivity contribution < 1.29 is 23.1 Å². The smallest absolute Gasteiger partial charge is 0.350 e. The van der Waals surface area contributed by atoms with E-state index in [1.54, 1.807) is 13.8 Å².